The van der Waals surface area contributed by atoms with E-state index in [0.717, 1.165) is 22.4 Å². The summed E-state index contributed by atoms with van der Waals surface area (Å²) in [5, 5.41) is 8.28. The predicted octanol–water partition coefficient (Wildman–Crippen LogP) is 7.04. The molecule has 0 aliphatic rings. The molecule has 0 atom stereocenters. The monoisotopic (exact) mass is 547 g/mol. The number of rotatable bonds is 7. The van der Waals surface area contributed by atoms with Crippen molar-refractivity contribution in [2.45, 2.75) is 27.0 Å². The van der Waals surface area contributed by atoms with Gasteiger partial charge in [0.2, 0.25) is 0 Å². The van der Waals surface area contributed by atoms with Gasteiger partial charge >= 0.3 is 0 Å². The molecule has 2 heterocycles. The lowest BCUT2D eigenvalue weighted by Gasteiger charge is -2.10. The molecule has 1 amide bonds. The molecule has 4 aromatic rings. The number of aryl methyl sites for hydroxylation is 2. The van der Waals surface area contributed by atoms with Gasteiger partial charge < -0.3 is 14.5 Å². The molecule has 0 fully saturated rings. The fourth-order valence-electron chi connectivity index (χ4n) is 3.30. The maximum atomic E-state index is 12.7. The van der Waals surface area contributed by atoms with Crippen molar-refractivity contribution in [3.63, 3.8) is 0 Å². The van der Waals surface area contributed by atoms with Crippen LogP contribution in [0, 0.1) is 13.8 Å². The Morgan fingerprint density at radius 1 is 1.15 bits per heavy atom. The van der Waals surface area contributed by atoms with Crippen LogP contribution in [0.1, 0.15) is 33.0 Å². The molecular weight excluding hydrogens is 529 g/mol. The molecule has 0 saturated heterocycles. The van der Waals surface area contributed by atoms with Crippen molar-refractivity contribution in [2.24, 2.45) is 0 Å². The van der Waals surface area contributed by atoms with Crippen LogP contribution in [0.3, 0.4) is 0 Å². The summed E-state index contributed by atoms with van der Waals surface area (Å²) < 4.78 is 13.9. The molecule has 0 aliphatic carbocycles. The van der Waals surface area contributed by atoms with E-state index >= 15 is 0 Å². The Morgan fingerprint density at radius 2 is 1.91 bits per heavy atom. The third kappa shape index (κ3) is 5.61. The molecule has 0 spiro atoms. The summed E-state index contributed by atoms with van der Waals surface area (Å²) in [5.41, 5.74) is 2.94. The van der Waals surface area contributed by atoms with Crippen LogP contribution in [0.5, 0.6) is 5.75 Å². The number of benzene rings is 2. The Hall–Kier alpha value is -2.74. The van der Waals surface area contributed by atoms with Gasteiger partial charge in [0.05, 0.1) is 11.0 Å². The number of nitrogens with zero attached hydrogens (tertiary/aromatic N) is 2. The highest BCUT2D eigenvalue weighted by Crippen LogP contribution is 2.26. The smallest absolute Gasteiger partial charge is 0.292 e. The van der Waals surface area contributed by atoms with Gasteiger partial charge in [-0.3, -0.25) is 9.48 Å². The predicted molar refractivity (Wildman–Crippen MR) is 132 cm³/mol. The van der Waals surface area contributed by atoms with Gasteiger partial charge in [-0.15, -0.1) is 0 Å². The van der Waals surface area contributed by atoms with E-state index in [2.05, 4.69) is 26.3 Å². The first-order chi connectivity index (χ1) is 15.8. The standard InChI is InChI=1S/C24H20BrCl2N3O3/c1-14-4-3-5-15(2)22(14)32-13-18-8-9-21(33-18)24(31)28-23-19(25)12-30(29-23)11-16-6-7-17(26)10-20(16)27/h3-10,12H,11,13H2,1-2H3,(H,28,29,31). The molecule has 0 radical (unpaired) electrons. The van der Waals surface area contributed by atoms with Gasteiger partial charge in [0.1, 0.15) is 18.1 Å². The third-order valence-corrected chi connectivity index (χ3v) is 6.12. The third-order valence-electron chi connectivity index (χ3n) is 4.95. The Balaban J connectivity index is 1.40. The fourth-order valence-corrected chi connectivity index (χ4v) is 4.19. The summed E-state index contributed by atoms with van der Waals surface area (Å²) in [4.78, 5) is 12.7. The van der Waals surface area contributed by atoms with Crippen LogP contribution in [-0.4, -0.2) is 15.7 Å². The topological polar surface area (TPSA) is 69.3 Å². The first-order valence-corrected chi connectivity index (χ1v) is 11.6. The largest absolute Gasteiger partial charge is 0.485 e. The highest BCUT2D eigenvalue weighted by Gasteiger charge is 2.16. The van der Waals surface area contributed by atoms with Gasteiger partial charge in [0.25, 0.3) is 5.91 Å². The minimum Gasteiger partial charge on any atom is -0.485 e. The normalized spacial score (nSPS) is 10.9. The summed E-state index contributed by atoms with van der Waals surface area (Å²) in [7, 11) is 0. The lowest BCUT2D eigenvalue weighted by molar-refractivity contribution is 0.0992. The zero-order valence-corrected chi connectivity index (χ0v) is 21.0. The highest BCUT2D eigenvalue weighted by molar-refractivity contribution is 9.10. The van der Waals surface area contributed by atoms with E-state index in [9.17, 15) is 4.79 Å². The van der Waals surface area contributed by atoms with Crippen LogP contribution in [0.4, 0.5) is 5.82 Å². The number of anilines is 1. The van der Waals surface area contributed by atoms with Crippen LogP contribution in [0.2, 0.25) is 10.0 Å². The molecule has 0 saturated carbocycles. The molecular formula is C24H20BrCl2N3O3. The number of furan rings is 1. The van der Waals surface area contributed by atoms with Crippen LogP contribution in [0.25, 0.3) is 0 Å². The fraction of sp³-hybridized carbons (Fsp3) is 0.167. The quantitative estimate of drug-likeness (QED) is 0.269. The number of carbonyl (C=O) groups is 1. The Bertz CT molecular complexity index is 1300. The van der Waals surface area contributed by atoms with E-state index in [1.165, 1.54) is 0 Å². The van der Waals surface area contributed by atoms with Crippen molar-refractivity contribution in [1.29, 1.82) is 0 Å². The number of aromatic nitrogens is 2. The first-order valence-electron chi connectivity index (χ1n) is 10.1. The van der Waals surface area contributed by atoms with Gasteiger partial charge in [-0.1, -0.05) is 47.5 Å². The highest BCUT2D eigenvalue weighted by atomic mass is 79.9. The molecule has 170 valence electrons. The molecule has 4 rings (SSSR count). The van der Waals surface area contributed by atoms with E-state index < -0.39 is 5.91 Å². The summed E-state index contributed by atoms with van der Waals surface area (Å²) in [6.45, 7) is 4.62. The first kappa shape index (κ1) is 23.4. The van der Waals surface area contributed by atoms with E-state index in [-0.39, 0.29) is 12.4 Å². The molecule has 0 aliphatic heterocycles. The average Bonchev–Trinajstić information content (AvgIpc) is 3.36. The molecule has 6 nitrogen and oxygen atoms in total. The summed E-state index contributed by atoms with van der Waals surface area (Å²) in [5.74, 6) is 1.48. The SMILES string of the molecule is Cc1cccc(C)c1OCc1ccc(C(=O)Nc2nn(Cc3ccc(Cl)cc3Cl)cc2Br)o1. The summed E-state index contributed by atoms with van der Waals surface area (Å²) in [6, 6.07) is 14.6. The van der Waals surface area contributed by atoms with Gasteiger partial charge in [0, 0.05) is 16.2 Å². The Morgan fingerprint density at radius 3 is 2.64 bits per heavy atom. The van der Waals surface area contributed by atoms with Crippen LogP contribution in [-0.2, 0) is 13.2 Å². The van der Waals surface area contributed by atoms with E-state index in [0.29, 0.717) is 32.6 Å². The summed E-state index contributed by atoms with van der Waals surface area (Å²) in [6.07, 6.45) is 1.76. The van der Waals surface area contributed by atoms with Gasteiger partial charge in [-0.25, -0.2) is 0 Å². The van der Waals surface area contributed by atoms with Gasteiger partial charge in [-0.05, 0) is 70.7 Å². The Labute approximate surface area is 209 Å². The van der Waals surface area contributed by atoms with Crippen molar-refractivity contribution in [3.05, 3.63) is 97.5 Å². The number of carbonyl (C=O) groups excluding carboxylic acids is 1. The molecule has 2 aromatic carbocycles. The van der Waals surface area contributed by atoms with Crippen LogP contribution < -0.4 is 10.1 Å². The second-order valence-electron chi connectivity index (χ2n) is 7.49. The molecule has 33 heavy (non-hydrogen) atoms. The minimum absolute atomic E-state index is 0.164. The maximum absolute atomic E-state index is 12.7. The van der Waals surface area contributed by atoms with Crippen molar-refractivity contribution < 1.29 is 13.9 Å². The zero-order chi connectivity index (χ0) is 23.5. The number of amides is 1. The lowest BCUT2D eigenvalue weighted by Crippen LogP contribution is -2.12. The molecule has 9 heteroatoms. The summed E-state index contributed by atoms with van der Waals surface area (Å²) >= 11 is 15.6. The van der Waals surface area contributed by atoms with Gasteiger partial charge in [0.15, 0.2) is 11.6 Å². The molecule has 2 aromatic heterocycles. The molecule has 1 N–H and O–H groups in total. The van der Waals surface area contributed by atoms with E-state index in [1.54, 1.807) is 35.1 Å². The Kier molecular flexibility index (Phi) is 7.12. The molecule has 0 bridgehead atoms. The number of para-hydroxylation sites is 1. The van der Waals surface area contributed by atoms with Crippen molar-refractivity contribution in [3.8, 4) is 5.75 Å². The second kappa shape index (κ2) is 10.0. The maximum Gasteiger partial charge on any atom is 0.292 e. The van der Waals surface area contributed by atoms with Crippen LogP contribution >= 0.6 is 39.1 Å². The zero-order valence-electron chi connectivity index (χ0n) is 17.9. The van der Waals surface area contributed by atoms with Gasteiger partial charge in [-0.2, -0.15) is 5.10 Å². The van der Waals surface area contributed by atoms with E-state index in [4.69, 9.17) is 32.4 Å². The second-order valence-corrected chi connectivity index (χ2v) is 9.19. The number of halogens is 3. The number of nitrogens with one attached hydrogen (secondary N) is 1. The van der Waals surface area contributed by atoms with E-state index in [1.807, 2.05) is 38.1 Å². The minimum atomic E-state index is -0.413. The number of hydrogen-bond acceptors (Lipinski definition) is 4. The van der Waals surface area contributed by atoms with Crippen LogP contribution in [0.15, 0.2) is 63.6 Å². The van der Waals surface area contributed by atoms with Crippen molar-refractivity contribution >= 4 is 50.9 Å². The lowest BCUT2D eigenvalue weighted by atomic mass is 10.1. The van der Waals surface area contributed by atoms with Crippen molar-refractivity contribution in [2.75, 3.05) is 5.32 Å². The van der Waals surface area contributed by atoms with Crippen molar-refractivity contribution in [1.82, 2.24) is 9.78 Å². The molecule has 0 unspecified atom stereocenters. The average molecular weight is 549 g/mol. The number of hydrogen-bond donors (Lipinski definition) is 1. The number of ether oxygens (including phenoxy) is 1.